The molecular formula is C10H15NO. The van der Waals surface area contributed by atoms with Crippen LogP contribution in [0.4, 0.5) is 0 Å². The summed E-state index contributed by atoms with van der Waals surface area (Å²) in [5, 5.41) is 0. The number of aryl methyl sites for hydroxylation is 1. The molecule has 0 bridgehead atoms. The van der Waals surface area contributed by atoms with Gasteiger partial charge >= 0.3 is 0 Å². The number of pyridine rings is 1. The van der Waals surface area contributed by atoms with Crippen LogP contribution in [0.25, 0.3) is 0 Å². The molecule has 0 saturated carbocycles. The van der Waals surface area contributed by atoms with E-state index in [2.05, 4.69) is 18.8 Å². The molecule has 0 aliphatic heterocycles. The Morgan fingerprint density at radius 2 is 2.00 bits per heavy atom. The van der Waals surface area contributed by atoms with Crippen LogP contribution in [-0.4, -0.2) is 12.1 Å². The third-order valence-corrected chi connectivity index (χ3v) is 2.06. The number of rotatable bonds is 3. The van der Waals surface area contributed by atoms with Gasteiger partial charge in [-0.1, -0.05) is 13.8 Å². The molecule has 66 valence electrons. The van der Waals surface area contributed by atoms with Crippen molar-refractivity contribution in [1.29, 1.82) is 0 Å². The number of methoxy groups -OCH3 is 1. The van der Waals surface area contributed by atoms with E-state index < -0.39 is 0 Å². The third kappa shape index (κ3) is 1.58. The Morgan fingerprint density at radius 3 is 2.50 bits per heavy atom. The summed E-state index contributed by atoms with van der Waals surface area (Å²) in [4.78, 5) is 4.11. The lowest BCUT2D eigenvalue weighted by Gasteiger charge is -2.09. The van der Waals surface area contributed by atoms with E-state index in [-0.39, 0.29) is 0 Å². The van der Waals surface area contributed by atoms with Crippen LogP contribution >= 0.6 is 0 Å². The van der Waals surface area contributed by atoms with Gasteiger partial charge in [0.2, 0.25) is 0 Å². The predicted octanol–water partition coefficient (Wildman–Crippen LogP) is 2.21. The lowest BCUT2D eigenvalue weighted by molar-refractivity contribution is 0.407. The topological polar surface area (TPSA) is 22.1 Å². The highest BCUT2D eigenvalue weighted by Gasteiger charge is 2.05. The maximum atomic E-state index is 5.22. The molecule has 0 radical (unpaired) electrons. The lowest BCUT2D eigenvalue weighted by atomic mass is 10.1. The highest BCUT2D eigenvalue weighted by atomic mass is 16.5. The van der Waals surface area contributed by atoms with Gasteiger partial charge in [-0.15, -0.1) is 0 Å². The zero-order valence-electron chi connectivity index (χ0n) is 7.92. The fourth-order valence-corrected chi connectivity index (χ4v) is 1.39. The zero-order chi connectivity index (χ0) is 8.97. The maximum absolute atomic E-state index is 5.22. The summed E-state index contributed by atoms with van der Waals surface area (Å²) in [6.45, 7) is 4.27. The lowest BCUT2D eigenvalue weighted by Crippen LogP contribution is -1.97. The van der Waals surface area contributed by atoms with E-state index in [9.17, 15) is 0 Å². The molecule has 0 amide bonds. The van der Waals surface area contributed by atoms with E-state index in [1.165, 1.54) is 11.1 Å². The molecular weight excluding hydrogens is 150 g/mol. The van der Waals surface area contributed by atoms with Crippen molar-refractivity contribution in [3.8, 4) is 5.75 Å². The van der Waals surface area contributed by atoms with Crippen molar-refractivity contribution in [3.63, 3.8) is 0 Å². The van der Waals surface area contributed by atoms with Crippen LogP contribution in [-0.2, 0) is 12.8 Å². The first kappa shape index (κ1) is 9.04. The van der Waals surface area contributed by atoms with Crippen LogP contribution < -0.4 is 4.74 Å². The molecule has 2 nitrogen and oxygen atoms in total. The summed E-state index contributed by atoms with van der Waals surface area (Å²) in [6.07, 6.45) is 5.72. The second kappa shape index (κ2) is 4.10. The largest absolute Gasteiger partial charge is 0.495 e. The Labute approximate surface area is 73.6 Å². The molecule has 0 unspecified atom stereocenters. The first-order chi connectivity index (χ1) is 5.83. The van der Waals surface area contributed by atoms with Gasteiger partial charge < -0.3 is 4.74 Å². The average molecular weight is 165 g/mol. The minimum atomic E-state index is 0.914. The Kier molecular flexibility index (Phi) is 3.09. The van der Waals surface area contributed by atoms with E-state index in [1.54, 1.807) is 13.3 Å². The zero-order valence-corrected chi connectivity index (χ0v) is 7.92. The minimum absolute atomic E-state index is 0.914. The Bertz CT molecular complexity index is 236. The number of nitrogens with zero attached hydrogens (tertiary/aromatic N) is 1. The maximum Gasteiger partial charge on any atom is 0.140 e. The smallest absolute Gasteiger partial charge is 0.140 e. The van der Waals surface area contributed by atoms with Crippen LogP contribution in [0.1, 0.15) is 25.0 Å². The molecule has 1 rings (SSSR count). The Hall–Kier alpha value is -1.05. The molecule has 1 aromatic rings. The van der Waals surface area contributed by atoms with Crippen LogP contribution in [0.15, 0.2) is 12.4 Å². The fourth-order valence-electron chi connectivity index (χ4n) is 1.39. The van der Waals surface area contributed by atoms with Crippen molar-refractivity contribution in [1.82, 2.24) is 4.98 Å². The van der Waals surface area contributed by atoms with Gasteiger partial charge in [0.15, 0.2) is 0 Å². The summed E-state index contributed by atoms with van der Waals surface area (Å²) >= 11 is 0. The Balaban J connectivity index is 3.13. The van der Waals surface area contributed by atoms with Crippen molar-refractivity contribution >= 4 is 0 Å². The van der Waals surface area contributed by atoms with Gasteiger partial charge in [-0.25, -0.2) is 0 Å². The summed E-state index contributed by atoms with van der Waals surface area (Å²) in [5.41, 5.74) is 2.58. The van der Waals surface area contributed by atoms with Gasteiger partial charge in [0.25, 0.3) is 0 Å². The Morgan fingerprint density at radius 1 is 1.25 bits per heavy atom. The minimum Gasteiger partial charge on any atom is -0.495 e. The molecule has 0 saturated heterocycles. The van der Waals surface area contributed by atoms with Crippen LogP contribution in [0.2, 0.25) is 0 Å². The van der Waals surface area contributed by atoms with Crippen molar-refractivity contribution in [3.05, 3.63) is 23.5 Å². The highest BCUT2D eigenvalue weighted by molar-refractivity contribution is 5.36. The molecule has 1 heterocycles. The first-order valence-electron chi connectivity index (χ1n) is 4.33. The van der Waals surface area contributed by atoms with Gasteiger partial charge in [0.1, 0.15) is 5.75 Å². The number of ether oxygens (including phenoxy) is 1. The predicted molar refractivity (Wildman–Crippen MR) is 49.5 cm³/mol. The molecule has 0 aliphatic carbocycles. The molecule has 0 N–H and O–H groups in total. The van der Waals surface area contributed by atoms with E-state index in [0.29, 0.717) is 0 Å². The second-order valence-electron chi connectivity index (χ2n) is 2.69. The molecule has 2 heteroatoms. The van der Waals surface area contributed by atoms with Gasteiger partial charge in [-0.3, -0.25) is 4.98 Å². The van der Waals surface area contributed by atoms with E-state index in [0.717, 1.165) is 18.6 Å². The van der Waals surface area contributed by atoms with Gasteiger partial charge in [-0.05, 0) is 18.4 Å². The average Bonchev–Trinajstić information content (AvgIpc) is 2.16. The van der Waals surface area contributed by atoms with E-state index in [1.807, 2.05) is 6.20 Å². The summed E-state index contributed by atoms with van der Waals surface area (Å²) in [7, 11) is 1.69. The van der Waals surface area contributed by atoms with Crippen molar-refractivity contribution < 1.29 is 4.74 Å². The van der Waals surface area contributed by atoms with Crippen LogP contribution in [0.5, 0.6) is 5.75 Å². The molecule has 0 fully saturated rings. The van der Waals surface area contributed by atoms with Crippen LogP contribution in [0, 0.1) is 0 Å². The molecule has 1 aromatic heterocycles. The molecule has 0 aromatic carbocycles. The third-order valence-electron chi connectivity index (χ3n) is 2.06. The van der Waals surface area contributed by atoms with Crippen molar-refractivity contribution in [2.75, 3.05) is 7.11 Å². The highest BCUT2D eigenvalue weighted by Crippen LogP contribution is 2.21. The van der Waals surface area contributed by atoms with Crippen molar-refractivity contribution in [2.45, 2.75) is 26.7 Å². The quantitative estimate of drug-likeness (QED) is 0.685. The second-order valence-corrected chi connectivity index (χ2v) is 2.69. The fraction of sp³-hybridized carbons (Fsp3) is 0.500. The van der Waals surface area contributed by atoms with Crippen LogP contribution in [0.3, 0.4) is 0 Å². The molecule has 0 aliphatic rings. The van der Waals surface area contributed by atoms with Gasteiger partial charge in [0.05, 0.1) is 13.3 Å². The summed E-state index contributed by atoms with van der Waals surface area (Å²) in [6, 6.07) is 0. The van der Waals surface area contributed by atoms with Gasteiger partial charge in [-0.2, -0.15) is 0 Å². The SMILES string of the molecule is CCc1cncc(OC)c1CC. The monoisotopic (exact) mass is 165 g/mol. The van der Waals surface area contributed by atoms with Crippen molar-refractivity contribution in [2.24, 2.45) is 0 Å². The normalized spacial score (nSPS) is 9.92. The molecule has 0 atom stereocenters. The number of hydrogen-bond acceptors (Lipinski definition) is 2. The first-order valence-corrected chi connectivity index (χ1v) is 4.33. The van der Waals surface area contributed by atoms with E-state index >= 15 is 0 Å². The molecule has 12 heavy (non-hydrogen) atoms. The van der Waals surface area contributed by atoms with E-state index in [4.69, 9.17) is 4.74 Å². The van der Waals surface area contributed by atoms with Gasteiger partial charge in [0, 0.05) is 11.8 Å². The summed E-state index contributed by atoms with van der Waals surface area (Å²) < 4.78 is 5.22. The standard InChI is InChI=1S/C10H15NO/c1-4-8-6-11-7-10(12-3)9(8)5-2/h6-7H,4-5H2,1-3H3. The number of hydrogen-bond donors (Lipinski definition) is 0. The molecule has 0 spiro atoms. The summed E-state index contributed by atoms with van der Waals surface area (Å²) in [5.74, 6) is 0.914. The number of aromatic nitrogens is 1.